The van der Waals surface area contributed by atoms with E-state index in [1.807, 2.05) is 0 Å². The molecular weight excluding hydrogens is 244 g/mol. The Balaban J connectivity index is 1.67. The largest absolute Gasteiger partial charge is 0.399 e. The fourth-order valence-corrected chi connectivity index (χ4v) is 1.59. The molecule has 7 nitrogen and oxygen atoms in total. The van der Waals surface area contributed by atoms with Crippen LogP contribution in [0.1, 0.15) is 6.42 Å². The van der Waals surface area contributed by atoms with Crippen molar-refractivity contribution in [3.63, 3.8) is 0 Å². The summed E-state index contributed by atoms with van der Waals surface area (Å²) in [5.74, 6) is 0. The molecule has 0 aliphatic carbocycles. The lowest BCUT2D eigenvalue weighted by atomic mass is 10.3. The molecular formula is C12H16N6O. The number of rotatable bonds is 5. The van der Waals surface area contributed by atoms with Crippen molar-refractivity contribution in [3.8, 4) is 0 Å². The summed E-state index contributed by atoms with van der Waals surface area (Å²) < 4.78 is 1.72. The summed E-state index contributed by atoms with van der Waals surface area (Å²) in [6, 6.07) is 6.79. The van der Waals surface area contributed by atoms with E-state index in [2.05, 4.69) is 20.9 Å². The molecule has 2 amide bonds. The van der Waals surface area contributed by atoms with E-state index in [1.165, 1.54) is 0 Å². The molecule has 0 saturated heterocycles. The van der Waals surface area contributed by atoms with E-state index in [9.17, 15) is 4.79 Å². The number of aromatic nitrogens is 3. The molecule has 0 saturated carbocycles. The van der Waals surface area contributed by atoms with Crippen LogP contribution in [0.3, 0.4) is 0 Å². The van der Waals surface area contributed by atoms with Gasteiger partial charge in [0.1, 0.15) is 0 Å². The Morgan fingerprint density at radius 3 is 3.05 bits per heavy atom. The molecule has 0 unspecified atom stereocenters. The van der Waals surface area contributed by atoms with Crippen molar-refractivity contribution in [2.45, 2.75) is 13.0 Å². The van der Waals surface area contributed by atoms with Crippen molar-refractivity contribution < 1.29 is 4.79 Å². The molecule has 19 heavy (non-hydrogen) atoms. The Kier molecular flexibility index (Phi) is 4.33. The summed E-state index contributed by atoms with van der Waals surface area (Å²) >= 11 is 0. The van der Waals surface area contributed by atoms with Gasteiger partial charge in [0.25, 0.3) is 0 Å². The molecule has 0 bridgehead atoms. The van der Waals surface area contributed by atoms with E-state index in [4.69, 9.17) is 5.73 Å². The molecule has 1 heterocycles. The highest BCUT2D eigenvalue weighted by Crippen LogP contribution is 2.11. The molecule has 0 atom stereocenters. The molecule has 0 aliphatic rings. The predicted octanol–water partition coefficient (Wildman–Crippen LogP) is 1.07. The van der Waals surface area contributed by atoms with Crippen molar-refractivity contribution in [3.05, 3.63) is 36.7 Å². The lowest BCUT2D eigenvalue weighted by Gasteiger charge is -2.08. The molecule has 2 aromatic rings. The average molecular weight is 260 g/mol. The molecule has 0 spiro atoms. The lowest BCUT2D eigenvalue weighted by molar-refractivity contribution is 0.251. The Morgan fingerprint density at radius 1 is 1.42 bits per heavy atom. The number of amides is 2. The van der Waals surface area contributed by atoms with Gasteiger partial charge in [-0.3, -0.25) is 4.68 Å². The second kappa shape index (κ2) is 6.39. The number of carbonyl (C=O) groups excluding carboxylic acids is 1. The van der Waals surface area contributed by atoms with E-state index in [-0.39, 0.29) is 6.03 Å². The fraction of sp³-hybridized carbons (Fsp3) is 0.250. The molecule has 1 aromatic heterocycles. The van der Waals surface area contributed by atoms with Crippen LogP contribution in [0.15, 0.2) is 36.7 Å². The van der Waals surface area contributed by atoms with Crippen molar-refractivity contribution in [2.75, 3.05) is 17.6 Å². The summed E-state index contributed by atoms with van der Waals surface area (Å²) in [5.41, 5.74) is 6.91. The van der Waals surface area contributed by atoms with Gasteiger partial charge in [-0.2, -0.15) is 0 Å². The first-order valence-electron chi connectivity index (χ1n) is 5.98. The number of nitrogens with one attached hydrogen (secondary N) is 2. The third-order valence-corrected chi connectivity index (χ3v) is 2.47. The smallest absolute Gasteiger partial charge is 0.319 e. The van der Waals surface area contributed by atoms with Crippen LogP contribution in [0.2, 0.25) is 0 Å². The predicted molar refractivity (Wildman–Crippen MR) is 72.5 cm³/mol. The number of nitrogens with two attached hydrogens (primary N) is 1. The highest BCUT2D eigenvalue weighted by Gasteiger charge is 2.01. The van der Waals surface area contributed by atoms with Gasteiger partial charge in [0.2, 0.25) is 0 Å². The second-order valence-electron chi connectivity index (χ2n) is 4.03. The van der Waals surface area contributed by atoms with Crippen molar-refractivity contribution in [1.82, 2.24) is 20.3 Å². The highest BCUT2D eigenvalue weighted by molar-refractivity contribution is 5.89. The molecule has 0 aliphatic heterocycles. The quantitative estimate of drug-likeness (QED) is 0.553. The fourth-order valence-electron chi connectivity index (χ4n) is 1.59. The standard InChI is InChI=1S/C12H16N6O/c13-10-3-1-4-11(9-10)16-12(19)14-5-2-7-18-8-6-15-17-18/h1,3-4,6,8-9H,2,5,7,13H2,(H2,14,16,19). The summed E-state index contributed by atoms with van der Waals surface area (Å²) in [6.07, 6.45) is 4.19. The minimum atomic E-state index is -0.246. The molecule has 4 N–H and O–H groups in total. The Hall–Kier alpha value is -2.57. The number of carbonyl (C=O) groups is 1. The SMILES string of the molecule is Nc1cccc(NC(=O)NCCCn2ccnn2)c1. The second-order valence-corrected chi connectivity index (χ2v) is 4.03. The topological polar surface area (TPSA) is 97.9 Å². The van der Waals surface area contributed by atoms with Gasteiger partial charge >= 0.3 is 6.03 Å². The van der Waals surface area contributed by atoms with Gasteiger partial charge in [-0.1, -0.05) is 11.3 Å². The zero-order valence-corrected chi connectivity index (χ0v) is 10.4. The first-order valence-corrected chi connectivity index (χ1v) is 5.98. The van der Waals surface area contributed by atoms with Crippen LogP contribution < -0.4 is 16.4 Å². The van der Waals surface area contributed by atoms with Gasteiger partial charge in [0, 0.05) is 30.7 Å². The van der Waals surface area contributed by atoms with Crippen LogP contribution in [-0.4, -0.2) is 27.6 Å². The maximum absolute atomic E-state index is 11.6. The summed E-state index contributed by atoms with van der Waals surface area (Å²) in [6.45, 7) is 1.28. The molecule has 0 radical (unpaired) electrons. The first-order chi connectivity index (χ1) is 9.24. The van der Waals surface area contributed by atoms with Crippen molar-refractivity contribution >= 4 is 17.4 Å². The number of hydrogen-bond acceptors (Lipinski definition) is 4. The first kappa shape index (κ1) is 12.9. The zero-order valence-electron chi connectivity index (χ0n) is 10.4. The van der Waals surface area contributed by atoms with Gasteiger partial charge in [0.15, 0.2) is 0 Å². The van der Waals surface area contributed by atoms with E-state index >= 15 is 0 Å². The zero-order chi connectivity index (χ0) is 13.5. The number of anilines is 2. The van der Waals surface area contributed by atoms with Crippen LogP contribution in [0.25, 0.3) is 0 Å². The van der Waals surface area contributed by atoms with E-state index in [1.54, 1.807) is 41.3 Å². The van der Waals surface area contributed by atoms with Gasteiger partial charge < -0.3 is 16.4 Å². The highest BCUT2D eigenvalue weighted by atomic mass is 16.2. The molecule has 7 heteroatoms. The third-order valence-electron chi connectivity index (χ3n) is 2.47. The maximum Gasteiger partial charge on any atom is 0.319 e. The van der Waals surface area contributed by atoms with E-state index in [0.717, 1.165) is 13.0 Å². The van der Waals surface area contributed by atoms with Gasteiger partial charge in [0.05, 0.1) is 6.20 Å². The number of nitrogen functional groups attached to an aromatic ring is 1. The van der Waals surface area contributed by atoms with Crippen LogP contribution >= 0.6 is 0 Å². The minimum Gasteiger partial charge on any atom is -0.399 e. The molecule has 100 valence electrons. The number of hydrogen-bond donors (Lipinski definition) is 3. The number of nitrogens with zero attached hydrogens (tertiary/aromatic N) is 3. The number of urea groups is 1. The molecule has 0 fully saturated rings. The molecule has 1 aromatic carbocycles. The van der Waals surface area contributed by atoms with E-state index in [0.29, 0.717) is 17.9 Å². The van der Waals surface area contributed by atoms with Crippen LogP contribution in [0, 0.1) is 0 Å². The maximum atomic E-state index is 11.6. The average Bonchev–Trinajstić information content (AvgIpc) is 2.88. The molecule has 2 rings (SSSR count). The Morgan fingerprint density at radius 2 is 2.32 bits per heavy atom. The summed E-state index contributed by atoms with van der Waals surface area (Å²) in [7, 11) is 0. The normalized spacial score (nSPS) is 10.1. The Labute approximate surface area is 110 Å². The van der Waals surface area contributed by atoms with Crippen LogP contribution in [-0.2, 0) is 6.54 Å². The van der Waals surface area contributed by atoms with Gasteiger partial charge in [-0.05, 0) is 24.6 Å². The number of benzene rings is 1. The monoisotopic (exact) mass is 260 g/mol. The number of aryl methyl sites for hydroxylation is 1. The minimum absolute atomic E-state index is 0.246. The lowest BCUT2D eigenvalue weighted by Crippen LogP contribution is -2.30. The van der Waals surface area contributed by atoms with Crippen molar-refractivity contribution in [2.24, 2.45) is 0 Å². The van der Waals surface area contributed by atoms with Gasteiger partial charge in [-0.15, -0.1) is 5.10 Å². The van der Waals surface area contributed by atoms with Gasteiger partial charge in [-0.25, -0.2) is 4.79 Å². The van der Waals surface area contributed by atoms with Crippen LogP contribution in [0.4, 0.5) is 16.2 Å². The van der Waals surface area contributed by atoms with E-state index < -0.39 is 0 Å². The third kappa shape index (κ3) is 4.30. The summed E-state index contributed by atoms with van der Waals surface area (Å²) in [4.78, 5) is 11.6. The van der Waals surface area contributed by atoms with Crippen molar-refractivity contribution in [1.29, 1.82) is 0 Å². The Bertz CT molecular complexity index is 525. The van der Waals surface area contributed by atoms with Crippen LogP contribution in [0.5, 0.6) is 0 Å². The summed E-state index contributed by atoms with van der Waals surface area (Å²) in [5, 5.41) is 13.0.